The zero-order chi connectivity index (χ0) is 12.6. The molecular weight excluding hydrogens is 224 g/mol. The summed E-state index contributed by atoms with van der Waals surface area (Å²) in [5.41, 5.74) is 6.02. The lowest BCUT2D eigenvalue weighted by Gasteiger charge is -1.91. The Hall–Kier alpha value is -2.50. The highest BCUT2D eigenvalue weighted by Crippen LogP contribution is 2.35. The summed E-state index contributed by atoms with van der Waals surface area (Å²) >= 11 is 0. The molecule has 0 aliphatic heterocycles. The minimum Gasteiger partial charge on any atom is -0.508 e. The van der Waals surface area contributed by atoms with Crippen LogP contribution in [0.25, 0.3) is 17.0 Å². The number of allylic oxidation sites excluding steroid dienone is 1. The number of nitrogens with zero attached hydrogens (tertiary/aromatic N) is 1. The molecule has 0 atom stereocenters. The second-order valence-corrected chi connectivity index (χ2v) is 3.64. The van der Waals surface area contributed by atoms with E-state index in [9.17, 15) is 15.2 Å². The number of furan rings is 1. The average Bonchev–Trinajstić information content (AvgIpc) is 2.53. The number of hydrogen-bond donors (Lipinski definition) is 2. The van der Waals surface area contributed by atoms with E-state index in [0.717, 1.165) is 0 Å². The van der Waals surface area contributed by atoms with Gasteiger partial charge in [0.05, 0.1) is 4.92 Å². The van der Waals surface area contributed by atoms with Crippen LogP contribution in [0, 0.1) is 10.1 Å². The monoisotopic (exact) mass is 234 g/mol. The van der Waals surface area contributed by atoms with Gasteiger partial charge in [-0.1, -0.05) is 0 Å². The number of nitro groups is 1. The highest BCUT2D eigenvalue weighted by atomic mass is 16.6. The van der Waals surface area contributed by atoms with Gasteiger partial charge in [0.25, 0.3) is 0 Å². The number of phenols is 1. The van der Waals surface area contributed by atoms with Crippen molar-refractivity contribution in [1.29, 1.82) is 0 Å². The largest absolute Gasteiger partial charge is 0.508 e. The highest BCUT2D eigenvalue weighted by molar-refractivity contribution is 5.92. The molecule has 1 heterocycles. The molecule has 3 N–H and O–H groups in total. The lowest BCUT2D eigenvalue weighted by atomic mass is 10.2. The van der Waals surface area contributed by atoms with E-state index in [4.69, 9.17) is 10.2 Å². The first kappa shape index (κ1) is 11.0. The molecule has 0 radical (unpaired) electrons. The van der Waals surface area contributed by atoms with Gasteiger partial charge in [0, 0.05) is 11.8 Å². The Labute approximate surface area is 96.1 Å². The number of aromatic hydroxyl groups is 1. The van der Waals surface area contributed by atoms with Gasteiger partial charge in [-0.15, -0.1) is 0 Å². The van der Waals surface area contributed by atoms with Crippen molar-refractivity contribution in [2.45, 2.75) is 6.92 Å². The van der Waals surface area contributed by atoms with Gasteiger partial charge in [-0.3, -0.25) is 10.1 Å². The molecule has 0 bridgehead atoms. The first-order valence-corrected chi connectivity index (χ1v) is 4.82. The van der Waals surface area contributed by atoms with Crippen molar-refractivity contribution in [3.05, 3.63) is 39.8 Å². The standard InChI is InChI=1S/C11H10N2O4/c1-6(12)4-10-11(13(15)16)8-5-7(14)2-3-9(8)17-10/h2-5,14H,12H2,1H3/b6-4+. The number of hydrogen-bond acceptors (Lipinski definition) is 5. The summed E-state index contributed by atoms with van der Waals surface area (Å²) in [6.45, 7) is 1.61. The maximum Gasteiger partial charge on any atom is 0.322 e. The molecule has 0 spiro atoms. The molecule has 17 heavy (non-hydrogen) atoms. The van der Waals surface area contributed by atoms with Crippen molar-refractivity contribution in [3.8, 4) is 5.75 Å². The summed E-state index contributed by atoms with van der Waals surface area (Å²) in [5, 5.41) is 20.6. The molecule has 0 unspecified atom stereocenters. The van der Waals surface area contributed by atoms with E-state index in [0.29, 0.717) is 11.3 Å². The van der Waals surface area contributed by atoms with Crippen molar-refractivity contribution in [2.24, 2.45) is 5.73 Å². The third-order valence-corrected chi connectivity index (χ3v) is 2.21. The minimum atomic E-state index is -0.556. The molecule has 6 nitrogen and oxygen atoms in total. The molecule has 0 saturated carbocycles. The first-order valence-electron chi connectivity index (χ1n) is 4.82. The van der Waals surface area contributed by atoms with Crippen LogP contribution >= 0.6 is 0 Å². The van der Waals surface area contributed by atoms with Crippen molar-refractivity contribution < 1.29 is 14.4 Å². The number of fused-ring (bicyclic) bond motifs is 1. The topological polar surface area (TPSA) is 103 Å². The van der Waals surface area contributed by atoms with E-state index in [1.54, 1.807) is 6.92 Å². The van der Waals surface area contributed by atoms with Gasteiger partial charge in [-0.05, 0) is 25.1 Å². The molecular formula is C11H10N2O4. The number of phenolic OH excluding ortho intramolecular Hbond substituents is 1. The fraction of sp³-hybridized carbons (Fsp3) is 0.0909. The van der Waals surface area contributed by atoms with Crippen LogP contribution in [0.1, 0.15) is 12.7 Å². The summed E-state index contributed by atoms with van der Waals surface area (Å²) in [6.07, 6.45) is 1.38. The Bertz CT molecular complexity index is 624. The zero-order valence-electron chi connectivity index (χ0n) is 9.01. The van der Waals surface area contributed by atoms with Crippen LogP contribution in [0.15, 0.2) is 28.3 Å². The van der Waals surface area contributed by atoms with E-state index < -0.39 is 4.92 Å². The van der Waals surface area contributed by atoms with Crippen LogP contribution in [0.2, 0.25) is 0 Å². The SMILES string of the molecule is C/C(N)=C\c1oc2ccc(O)cc2c1[N+](=O)[O-]. The highest BCUT2D eigenvalue weighted by Gasteiger charge is 2.23. The van der Waals surface area contributed by atoms with Crippen molar-refractivity contribution in [3.63, 3.8) is 0 Å². The predicted octanol–water partition coefficient (Wildman–Crippen LogP) is 2.37. The molecule has 88 valence electrons. The average molecular weight is 234 g/mol. The second kappa shape index (κ2) is 3.82. The van der Waals surface area contributed by atoms with Gasteiger partial charge in [0.1, 0.15) is 16.7 Å². The Kier molecular flexibility index (Phi) is 2.47. The molecule has 2 aromatic rings. The predicted molar refractivity (Wildman–Crippen MR) is 62.4 cm³/mol. The molecule has 1 aromatic heterocycles. The van der Waals surface area contributed by atoms with Gasteiger partial charge in [0.15, 0.2) is 0 Å². The molecule has 0 aliphatic carbocycles. The van der Waals surface area contributed by atoms with E-state index in [1.807, 2.05) is 0 Å². The fourth-order valence-corrected chi connectivity index (χ4v) is 1.58. The Balaban J connectivity index is 2.80. The third kappa shape index (κ3) is 1.92. The van der Waals surface area contributed by atoms with Gasteiger partial charge in [-0.25, -0.2) is 0 Å². The molecule has 6 heteroatoms. The van der Waals surface area contributed by atoms with Crippen molar-refractivity contribution >= 4 is 22.7 Å². The van der Waals surface area contributed by atoms with Gasteiger partial charge in [-0.2, -0.15) is 0 Å². The Morgan fingerprint density at radius 1 is 1.59 bits per heavy atom. The summed E-state index contributed by atoms with van der Waals surface area (Å²) in [4.78, 5) is 10.4. The lowest BCUT2D eigenvalue weighted by Crippen LogP contribution is -1.92. The molecule has 2 rings (SSSR count). The van der Waals surface area contributed by atoms with E-state index >= 15 is 0 Å². The minimum absolute atomic E-state index is 0.0543. The van der Waals surface area contributed by atoms with Crippen molar-refractivity contribution in [2.75, 3.05) is 0 Å². The maximum atomic E-state index is 11.0. The molecule has 0 fully saturated rings. The number of nitrogens with two attached hydrogens (primary N) is 1. The van der Waals surface area contributed by atoms with Gasteiger partial charge in [0.2, 0.25) is 5.76 Å². The molecule has 1 aromatic carbocycles. The smallest absolute Gasteiger partial charge is 0.322 e. The number of benzene rings is 1. The van der Waals surface area contributed by atoms with E-state index in [-0.39, 0.29) is 22.6 Å². The van der Waals surface area contributed by atoms with Crippen LogP contribution in [-0.2, 0) is 0 Å². The quantitative estimate of drug-likeness (QED) is 0.613. The molecule has 0 amide bonds. The lowest BCUT2D eigenvalue weighted by molar-refractivity contribution is -0.383. The second-order valence-electron chi connectivity index (χ2n) is 3.64. The van der Waals surface area contributed by atoms with Gasteiger partial charge < -0.3 is 15.3 Å². The van der Waals surface area contributed by atoms with Crippen LogP contribution < -0.4 is 5.73 Å². The van der Waals surface area contributed by atoms with Gasteiger partial charge >= 0.3 is 5.69 Å². The summed E-state index contributed by atoms with van der Waals surface area (Å²) in [7, 11) is 0. The fourth-order valence-electron chi connectivity index (χ4n) is 1.58. The Morgan fingerprint density at radius 2 is 2.29 bits per heavy atom. The van der Waals surface area contributed by atoms with E-state index in [1.165, 1.54) is 24.3 Å². The first-order chi connectivity index (χ1) is 7.99. The van der Waals surface area contributed by atoms with Crippen LogP contribution in [-0.4, -0.2) is 10.0 Å². The van der Waals surface area contributed by atoms with Crippen LogP contribution in [0.4, 0.5) is 5.69 Å². The summed E-state index contributed by atoms with van der Waals surface area (Å²) in [5.74, 6) is 0.0250. The van der Waals surface area contributed by atoms with Crippen molar-refractivity contribution in [1.82, 2.24) is 0 Å². The Morgan fingerprint density at radius 3 is 2.88 bits per heavy atom. The van der Waals surface area contributed by atoms with Crippen LogP contribution in [0.3, 0.4) is 0 Å². The molecule has 0 saturated heterocycles. The normalized spacial score (nSPS) is 11.9. The third-order valence-electron chi connectivity index (χ3n) is 2.21. The summed E-state index contributed by atoms with van der Waals surface area (Å²) < 4.78 is 5.32. The maximum absolute atomic E-state index is 11.0. The van der Waals surface area contributed by atoms with E-state index in [2.05, 4.69) is 0 Å². The molecule has 0 aliphatic rings. The zero-order valence-corrected chi connectivity index (χ0v) is 9.01. The summed E-state index contributed by atoms with van der Waals surface area (Å²) in [6, 6.07) is 4.17. The van der Waals surface area contributed by atoms with Crippen LogP contribution in [0.5, 0.6) is 5.75 Å². The number of rotatable bonds is 2.